The lowest BCUT2D eigenvalue weighted by Gasteiger charge is -2.18. The number of nitrogens with one attached hydrogen (secondary N) is 3. The molecular weight excluding hydrogens is 466 g/mol. The quantitative estimate of drug-likeness (QED) is 0.313. The van der Waals surface area contributed by atoms with Crippen molar-refractivity contribution in [3.05, 3.63) is 101 Å². The number of hydrogen-bond acceptors (Lipinski definition) is 4. The van der Waals surface area contributed by atoms with Crippen LogP contribution < -0.4 is 10.6 Å². The Labute approximate surface area is 207 Å². The fourth-order valence-corrected chi connectivity index (χ4v) is 3.95. The summed E-state index contributed by atoms with van der Waals surface area (Å²) in [5.41, 5.74) is 3.49. The number of fused-ring (bicyclic) bond motifs is 1. The first-order valence-corrected chi connectivity index (χ1v) is 11.4. The molecule has 0 aliphatic rings. The van der Waals surface area contributed by atoms with E-state index in [2.05, 4.69) is 15.6 Å². The third-order valence-electron chi connectivity index (χ3n) is 5.57. The Morgan fingerprint density at radius 2 is 1.69 bits per heavy atom. The molecule has 4 rings (SSSR count). The summed E-state index contributed by atoms with van der Waals surface area (Å²) in [5, 5.41) is 6.63. The molecule has 0 saturated carbocycles. The minimum Gasteiger partial charge on any atom is -0.454 e. The molecule has 4 aromatic rings. The van der Waals surface area contributed by atoms with Gasteiger partial charge in [0.15, 0.2) is 6.61 Å². The summed E-state index contributed by atoms with van der Waals surface area (Å²) in [5.74, 6) is -1.71. The van der Waals surface area contributed by atoms with E-state index in [-0.39, 0.29) is 17.0 Å². The molecule has 0 fully saturated rings. The number of aromatic nitrogens is 1. The van der Waals surface area contributed by atoms with E-state index in [0.29, 0.717) is 5.69 Å². The van der Waals surface area contributed by atoms with E-state index in [1.165, 1.54) is 0 Å². The van der Waals surface area contributed by atoms with Gasteiger partial charge in [0, 0.05) is 29.2 Å². The lowest BCUT2D eigenvalue weighted by atomic mass is 10.0. The Balaban J connectivity index is 1.49. The molecule has 1 atom stereocenters. The van der Waals surface area contributed by atoms with Gasteiger partial charge in [-0.1, -0.05) is 60.1 Å². The molecule has 0 aliphatic carbocycles. The number of anilines is 1. The highest BCUT2D eigenvalue weighted by Crippen LogP contribution is 2.20. The Kier molecular flexibility index (Phi) is 7.48. The molecule has 178 valence electrons. The predicted molar refractivity (Wildman–Crippen MR) is 135 cm³/mol. The molecule has 0 saturated heterocycles. The molecule has 8 heteroatoms. The van der Waals surface area contributed by atoms with Crippen LogP contribution in [0.3, 0.4) is 0 Å². The maximum absolute atomic E-state index is 13.0. The SMILES string of the molecule is Cc1ccccc1NC(=O)COC(=O)[C@@H](Cc1c[nH]c2ccccc12)NC(=O)c1ccccc1Cl. The van der Waals surface area contributed by atoms with E-state index in [9.17, 15) is 14.4 Å². The zero-order valence-electron chi connectivity index (χ0n) is 19.0. The van der Waals surface area contributed by atoms with E-state index < -0.39 is 30.4 Å². The Bertz CT molecular complexity index is 1380. The number of halogens is 1. The van der Waals surface area contributed by atoms with Crippen molar-refractivity contribution in [1.82, 2.24) is 10.3 Å². The van der Waals surface area contributed by atoms with Crippen molar-refractivity contribution < 1.29 is 19.1 Å². The van der Waals surface area contributed by atoms with Crippen molar-refractivity contribution in [3.63, 3.8) is 0 Å². The van der Waals surface area contributed by atoms with E-state index >= 15 is 0 Å². The molecule has 35 heavy (non-hydrogen) atoms. The van der Waals surface area contributed by atoms with Gasteiger partial charge in [-0.2, -0.15) is 0 Å². The summed E-state index contributed by atoms with van der Waals surface area (Å²) in [6.45, 7) is 1.38. The number of hydrogen-bond donors (Lipinski definition) is 3. The van der Waals surface area contributed by atoms with Crippen LogP contribution in [0.2, 0.25) is 5.02 Å². The minimum absolute atomic E-state index is 0.165. The molecule has 7 nitrogen and oxygen atoms in total. The largest absolute Gasteiger partial charge is 0.454 e. The number of aryl methyl sites for hydroxylation is 1. The van der Waals surface area contributed by atoms with Crippen LogP contribution in [0, 0.1) is 6.92 Å². The van der Waals surface area contributed by atoms with Crippen molar-refractivity contribution >= 4 is 46.0 Å². The summed E-state index contributed by atoms with van der Waals surface area (Å²) >= 11 is 6.16. The number of ether oxygens (including phenoxy) is 1. The van der Waals surface area contributed by atoms with Gasteiger partial charge in [0.05, 0.1) is 10.6 Å². The van der Waals surface area contributed by atoms with Crippen molar-refractivity contribution in [2.45, 2.75) is 19.4 Å². The number of benzene rings is 3. The number of amides is 2. The first-order chi connectivity index (χ1) is 16.9. The molecule has 0 bridgehead atoms. The normalized spacial score (nSPS) is 11.6. The lowest BCUT2D eigenvalue weighted by molar-refractivity contribution is -0.149. The number of carbonyl (C=O) groups excluding carboxylic acids is 3. The molecule has 0 unspecified atom stereocenters. The molecule has 0 radical (unpaired) electrons. The molecule has 0 spiro atoms. The van der Waals surface area contributed by atoms with Gasteiger partial charge in [-0.05, 0) is 42.3 Å². The second-order valence-electron chi connectivity index (χ2n) is 8.04. The highest BCUT2D eigenvalue weighted by Gasteiger charge is 2.26. The fraction of sp³-hybridized carbons (Fsp3) is 0.148. The fourth-order valence-electron chi connectivity index (χ4n) is 3.73. The van der Waals surface area contributed by atoms with Gasteiger partial charge in [0.1, 0.15) is 6.04 Å². The number of aromatic amines is 1. The molecule has 1 heterocycles. The minimum atomic E-state index is -1.04. The van der Waals surface area contributed by atoms with Crippen molar-refractivity contribution in [1.29, 1.82) is 0 Å². The predicted octanol–water partition coefficient (Wildman–Crippen LogP) is 4.65. The summed E-state index contributed by atoms with van der Waals surface area (Å²) in [4.78, 5) is 41.5. The lowest BCUT2D eigenvalue weighted by Crippen LogP contribution is -2.44. The molecule has 3 N–H and O–H groups in total. The van der Waals surface area contributed by atoms with Gasteiger partial charge >= 0.3 is 5.97 Å². The number of para-hydroxylation sites is 2. The zero-order valence-corrected chi connectivity index (χ0v) is 19.8. The first-order valence-electron chi connectivity index (χ1n) is 11.0. The molecule has 2 amide bonds. The second kappa shape index (κ2) is 10.9. The van der Waals surface area contributed by atoms with Crippen molar-refractivity contribution in [3.8, 4) is 0 Å². The Morgan fingerprint density at radius 3 is 2.49 bits per heavy atom. The van der Waals surface area contributed by atoms with Gasteiger partial charge in [0.2, 0.25) is 0 Å². The van der Waals surface area contributed by atoms with Crippen molar-refractivity contribution in [2.75, 3.05) is 11.9 Å². The third kappa shape index (κ3) is 5.88. The smallest absolute Gasteiger partial charge is 0.329 e. The molecule has 1 aromatic heterocycles. The van der Waals surface area contributed by atoms with Crippen LogP contribution in [-0.2, 0) is 20.7 Å². The Morgan fingerprint density at radius 1 is 0.971 bits per heavy atom. The summed E-state index contributed by atoms with van der Waals surface area (Å²) in [7, 11) is 0. The van der Waals surface area contributed by atoms with E-state index in [4.69, 9.17) is 16.3 Å². The zero-order chi connectivity index (χ0) is 24.8. The topological polar surface area (TPSA) is 100 Å². The van der Waals surface area contributed by atoms with Crippen molar-refractivity contribution in [2.24, 2.45) is 0 Å². The number of H-pyrrole nitrogens is 1. The van der Waals surface area contributed by atoms with Crippen LogP contribution in [0.4, 0.5) is 5.69 Å². The van der Waals surface area contributed by atoms with Crippen LogP contribution >= 0.6 is 11.6 Å². The number of carbonyl (C=O) groups is 3. The van der Waals surface area contributed by atoms with Gasteiger partial charge < -0.3 is 20.4 Å². The summed E-state index contributed by atoms with van der Waals surface area (Å²) in [6.07, 6.45) is 1.95. The van der Waals surface area contributed by atoms with Gasteiger partial charge in [-0.15, -0.1) is 0 Å². The molecular formula is C27H24ClN3O4. The summed E-state index contributed by atoms with van der Waals surface area (Å²) < 4.78 is 5.30. The van der Waals surface area contributed by atoms with E-state index in [1.807, 2.05) is 43.3 Å². The van der Waals surface area contributed by atoms with Gasteiger partial charge in [-0.25, -0.2) is 4.79 Å². The number of esters is 1. The third-order valence-corrected chi connectivity index (χ3v) is 5.90. The summed E-state index contributed by atoms with van der Waals surface area (Å²) in [6, 6.07) is 20.5. The average Bonchev–Trinajstić information content (AvgIpc) is 3.26. The maximum atomic E-state index is 13.0. The highest BCUT2D eigenvalue weighted by atomic mass is 35.5. The first kappa shape index (κ1) is 24.0. The maximum Gasteiger partial charge on any atom is 0.329 e. The standard InChI is InChI=1S/C27H24ClN3O4/c1-17-8-2-6-12-22(17)30-25(32)16-35-27(34)24(31-26(33)20-10-3-5-11-21(20)28)14-18-15-29-23-13-7-4-9-19(18)23/h2-13,15,24,29H,14,16H2,1H3,(H,30,32)(H,31,33)/t24-/m1/s1. The molecule has 3 aromatic carbocycles. The van der Waals surface area contributed by atoms with E-state index in [0.717, 1.165) is 22.0 Å². The highest BCUT2D eigenvalue weighted by molar-refractivity contribution is 6.33. The van der Waals surface area contributed by atoms with Gasteiger partial charge in [-0.3, -0.25) is 9.59 Å². The van der Waals surface area contributed by atoms with Crippen LogP contribution in [0.25, 0.3) is 10.9 Å². The van der Waals surface area contributed by atoms with Crippen LogP contribution in [0.5, 0.6) is 0 Å². The van der Waals surface area contributed by atoms with Crippen LogP contribution in [0.1, 0.15) is 21.5 Å². The average molecular weight is 490 g/mol. The van der Waals surface area contributed by atoms with Crippen LogP contribution in [-0.4, -0.2) is 35.4 Å². The second-order valence-corrected chi connectivity index (χ2v) is 8.45. The molecule has 0 aliphatic heterocycles. The van der Waals surface area contributed by atoms with Crippen LogP contribution in [0.15, 0.2) is 79.0 Å². The van der Waals surface area contributed by atoms with E-state index in [1.54, 1.807) is 42.6 Å². The monoisotopic (exact) mass is 489 g/mol. The number of rotatable bonds is 8. The van der Waals surface area contributed by atoms with Gasteiger partial charge in [0.25, 0.3) is 11.8 Å². The Hall–Kier alpha value is -4.10.